The van der Waals surface area contributed by atoms with Gasteiger partial charge in [-0.3, -0.25) is 0 Å². The number of aromatic nitrogens is 1. The van der Waals surface area contributed by atoms with Crippen LogP contribution in [0.4, 0.5) is 0 Å². The van der Waals surface area contributed by atoms with Crippen LogP contribution in [0.2, 0.25) is 0 Å². The molecule has 0 fully saturated rings. The molecule has 1 atom stereocenters. The molecule has 0 saturated carbocycles. The molecule has 4 aromatic carbocycles. The molecule has 2 heterocycles. The van der Waals surface area contributed by atoms with E-state index in [9.17, 15) is 0 Å². The molecule has 5 aromatic rings. The van der Waals surface area contributed by atoms with Gasteiger partial charge in [-0.2, -0.15) is 0 Å². The molecule has 1 aromatic heterocycles. The van der Waals surface area contributed by atoms with Crippen LogP contribution in [0.1, 0.15) is 29.2 Å². The van der Waals surface area contributed by atoms with Gasteiger partial charge in [-0.15, -0.1) is 6.42 Å². The molecule has 1 spiro atoms. The largest absolute Gasteiger partial charge is 0.309 e. The number of benzene rings is 3. The van der Waals surface area contributed by atoms with Crippen LogP contribution < -0.4 is 0 Å². The topological polar surface area (TPSA) is 4.93 Å². The highest BCUT2D eigenvalue weighted by molar-refractivity contribution is 6.13. The van der Waals surface area contributed by atoms with Crippen molar-refractivity contribution in [3.63, 3.8) is 0 Å². The summed E-state index contributed by atoms with van der Waals surface area (Å²) in [6.07, 6.45) is 10.4. The summed E-state index contributed by atoms with van der Waals surface area (Å²) in [6.45, 7) is 2.06. The molecule has 0 saturated heterocycles. The van der Waals surface area contributed by atoms with Crippen LogP contribution in [0.25, 0.3) is 33.1 Å². The SMILES string of the molecule is C#CC1=C(/C=C\C)C2(c3ccc#cc31)c1ccccc1-n1c3ccccc3c3cccc2c31. The number of terminal acetylenes is 1. The number of hydrogen-bond donors (Lipinski definition) is 0. The standard InChI is InChI=1S/C32H19N/c1-3-12-25-21(4-2)22-13-5-7-16-26(22)32(25)27-17-8-10-20-30(27)33-29-19-9-6-14-23(29)24-15-11-18-28(32)31(24)33/h2-3,6-12,14-20H,1H3/b12-3-. The predicted octanol–water partition coefficient (Wildman–Crippen LogP) is 7.01. The van der Waals surface area contributed by atoms with Gasteiger partial charge < -0.3 is 4.57 Å². The average Bonchev–Trinajstić information content (AvgIpc) is 3.35. The lowest BCUT2D eigenvalue weighted by atomic mass is 9.64. The summed E-state index contributed by atoms with van der Waals surface area (Å²) in [5.74, 6) is 3.01. The summed E-state index contributed by atoms with van der Waals surface area (Å²) in [7, 11) is 0. The second kappa shape index (κ2) is 6.29. The zero-order chi connectivity index (χ0) is 22.2. The van der Waals surface area contributed by atoms with E-state index < -0.39 is 5.41 Å². The van der Waals surface area contributed by atoms with Gasteiger partial charge in [-0.25, -0.2) is 0 Å². The molecule has 1 heteroatoms. The second-order valence-electron chi connectivity index (χ2n) is 8.65. The maximum absolute atomic E-state index is 6.15. The Morgan fingerprint density at radius 3 is 2.55 bits per heavy atom. The van der Waals surface area contributed by atoms with E-state index in [1.54, 1.807) is 0 Å². The van der Waals surface area contributed by atoms with Gasteiger partial charge in [0.2, 0.25) is 0 Å². The molecule has 152 valence electrons. The van der Waals surface area contributed by atoms with Gasteiger partial charge in [0.05, 0.1) is 22.1 Å². The van der Waals surface area contributed by atoms with Crippen molar-refractivity contribution < 1.29 is 0 Å². The van der Waals surface area contributed by atoms with Crippen LogP contribution in [-0.4, -0.2) is 4.57 Å². The second-order valence-corrected chi connectivity index (χ2v) is 8.65. The Labute approximate surface area is 193 Å². The molecule has 1 nitrogen and oxygen atoms in total. The van der Waals surface area contributed by atoms with Crippen molar-refractivity contribution in [3.8, 4) is 18.0 Å². The van der Waals surface area contributed by atoms with E-state index in [-0.39, 0.29) is 0 Å². The quantitative estimate of drug-likeness (QED) is 0.259. The fourth-order valence-electron chi connectivity index (χ4n) is 6.17. The molecule has 1 unspecified atom stereocenters. The van der Waals surface area contributed by atoms with Gasteiger partial charge in [0.25, 0.3) is 0 Å². The maximum Gasteiger partial charge on any atom is 0.0767 e. The van der Waals surface area contributed by atoms with Crippen molar-refractivity contribution in [1.29, 1.82) is 0 Å². The first-order valence-electron chi connectivity index (χ1n) is 11.2. The minimum atomic E-state index is -0.504. The minimum absolute atomic E-state index is 0.504. The van der Waals surface area contributed by atoms with Crippen molar-refractivity contribution in [2.75, 3.05) is 0 Å². The lowest BCUT2D eigenvalue weighted by molar-refractivity contribution is 0.742. The normalized spacial score (nSPS) is 18.1. The van der Waals surface area contributed by atoms with E-state index in [0.29, 0.717) is 0 Å². The molecule has 0 amide bonds. The number of allylic oxidation sites excluding steroid dienone is 4. The number of nitrogens with zero attached hydrogens (tertiary/aromatic N) is 1. The van der Waals surface area contributed by atoms with Crippen LogP contribution in [0, 0.1) is 24.5 Å². The van der Waals surface area contributed by atoms with Crippen molar-refractivity contribution in [2.45, 2.75) is 12.3 Å². The van der Waals surface area contributed by atoms with Crippen LogP contribution in [-0.2, 0) is 5.41 Å². The third kappa shape index (κ3) is 1.97. The fraction of sp³-hybridized carbons (Fsp3) is 0.0625. The molecule has 33 heavy (non-hydrogen) atoms. The van der Waals surface area contributed by atoms with Gasteiger partial charge >= 0.3 is 0 Å². The smallest absolute Gasteiger partial charge is 0.0767 e. The van der Waals surface area contributed by atoms with Crippen LogP contribution in [0.3, 0.4) is 0 Å². The molecule has 0 bridgehead atoms. The zero-order valence-corrected chi connectivity index (χ0v) is 18.2. The van der Waals surface area contributed by atoms with Crippen molar-refractivity contribution in [1.82, 2.24) is 4.57 Å². The Morgan fingerprint density at radius 1 is 0.879 bits per heavy atom. The summed E-state index contributed by atoms with van der Waals surface area (Å²) in [5.41, 5.74) is 9.85. The van der Waals surface area contributed by atoms with E-state index in [4.69, 9.17) is 6.42 Å². The van der Waals surface area contributed by atoms with Crippen LogP contribution >= 0.6 is 0 Å². The predicted molar refractivity (Wildman–Crippen MR) is 135 cm³/mol. The van der Waals surface area contributed by atoms with Crippen LogP contribution in [0.5, 0.6) is 0 Å². The first-order valence-corrected chi connectivity index (χ1v) is 11.2. The van der Waals surface area contributed by atoms with Gasteiger partial charge in [-0.05, 0) is 53.5 Å². The average molecular weight is 418 g/mol. The van der Waals surface area contributed by atoms with E-state index in [0.717, 1.165) is 16.7 Å². The third-order valence-electron chi connectivity index (χ3n) is 7.25. The summed E-state index contributed by atoms with van der Waals surface area (Å²) in [4.78, 5) is 0. The minimum Gasteiger partial charge on any atom is -0.309 e. The number of para-hydroxylation sites is 3. The van der Waals surface area contributed by atoms with Gasteiger partial charge in [0, 0.05) is 21.9 Å². The van der Waals surface area contributed by atoms with Gasteiger partial charge in [0.15, 0.2) is 0 Å². The zero-order valence-electron chi connectivity index (χ0n) is 18.2. The first kappa shape index (κ1) is 18.1. The van der Waals surface area contributed by atoms with E-state index in [1.165, 1.54) is 44.2 Å². The molecule has 1 aliphatic carbocycles. The molecule has 2 aliphatic rings. The lowest BCUT2D eigenvalue weighted by Gasteiger charge is -2.40. The third-order valence-corrected chi connectivity index (χ3v) is 7.25. The number of hydrogen-bond acceptors (Lipinski definition) is 0. The monoisotopic (exact) mass is 417 g/mol. The fourth-order valence-corrected chi connectivity index (χ4v) is 6.17. The maximum atomic E-state index is 6.15. The Morgan fingerprint density at radius 2 is 1.67 bits per heavy atom. The molecule has 0 N–H and O–H groups in total. The summed E-state index contributed by atoms with van der Waals surface area (Å²) < 4.78 is 2.43. The van der Waals surface area contributed by atoms with Crippen LogP contribution in [0.15, 0.2) is 96.6 Å². The Hall–Kier alpha value is -4.46. The Balaban J connectivity index is 1.81. The highest BCUT2D eigenvalue weighted by Crippen LogP contribution is 2.59. The molecule has 0 radical (unpaired) electrons. The van der Waals surface area contributed by atoms with Gasteiger partial charge in [-0.1, -0.05) is 84.8 Å². The van der Waals surface area contributed by atoms with Gasteiger partial charge in [0.1, 0.15) is 0 Å². The van der Waals surface area contributed by atoms with Crippen molar-refractivity contribution >= 4 is 27.4 Å². The molecule has 7 rings (SSSR count). The van der Waals surface area contributed by atoms with Crippen molar-refractivity contribution in [2.24, 2.45) is 0 Å². The summed E-state index contributed by atoms with van der Waals surface area (Å²) in [5, 5.41) is 2.53. The lowest BCUT2D eigenvalue weighted by Crippen LogP contribution is -2.34. The number of fused-ring (bicyclic) bond motifs is 9. The summed E-state index contributed by atoms with van der Waals surface area (Å²) >= 11 is 0. The van der Waals surface area contributed by atoms with E-state index in [1.807, 2.05) is 6.07 Å². The van der Waals surface area contributed by atoms with E-state index >= 15 is 0 Å². The Bertz CT molecular complexity index is 1730. The highest BCUT2D eigenvalue weighted by atomic mass is 15.0. The number of rotatable bonds is 1. The molecular formula is C32H19N. The van der Waals surface area contributed by atoms with E-state index in [2.05, 4.69) is 114 Å². The highest BCUT2D eigenvalue weighted by Gasteiger charge is 2.51. The van der Waals surface area contributed by atoms with Crippen molar-refractivity contribution in [3.05, 3.63) is 131 Å². The Kier molecular flexibility index (Phi) is 3.46. The molecular weight excluding hydrogens is 398 g/mol. The molecule has 1 aliphatic heterocycles. The summed E-state index contributed by atoms with van der Waals surface area (Å²) in [6, 6.07) is 34.8. The first-order chi connectivity index (χ1) is 16.3.